The molecular formula is C31H34NO3+. The van der Waals surface area contributed by atoms with Crippen LogP contribution in [-0.4, -0.2) is 35.7 Å². The van der Waals surface area contributed by atoms with E-state index in [1.807, 2.05) is 48.5 Å². The molecule has 3 aliphatic rings. The number of piperidine rings is 1. The highest BCUT2D eigenvalue weighted by Gasteiger charge is 2.52. The minimum absolute atomic E-state index is 0.0177. The number of fused-ring (bicyclic) bond motifs is 4. The van der Waals surface area contributed by atoms with Crippen molar-refractivity contribution in [2.45, 2.75) is 69.7 Å². The molecule has 6 rings (SSSR count). The molecule has 0 amide bonds. The van der Waals surface area contributed by atoms with Crippen molar-refractivity contribution in [2.75, 3.05) is 7.05 Å². The van der Waals surface area contributed by atoms with Crippen molar-refractivity contribution in [3.63, 3.8) is 0 Å². The van der Waals surface area contributed by atoms with Crippen LogP contribution in [0.4, 0.5) is 0 Å². The number of esters is 1. The van der Waals surface area contributed by atoms with Crippen LogP contribution < -0.4 is 4.74 Å². The van der Waals surface area contributed by atoms with Gasteiger partial charge in [-0.2, -0.15) is 0 Å². The number of rotatable bonds is 5. The van der Waals surface area contributed by atoms with Crippen molar-refractivity contribution in [2.24, 2.45) is 0 Å². The highest BCUT2D eigenvalue weighted by atomic mass is 16.5. The van der Waals surface area contributed by atoms with Gasteiger partial charge in [-0.15, -0.1) is 0 Å². The zero-order valence-corrected chi connectivity index (χ0v) is 20.7. The molecule has 2 bridgehead atoms. The third kappa shape index (κ3) is 3.94. The molecule has 0 N–H and O–H groups in total. The molecule has 3 aromatic carbocycles. The first-order valence-electron chi connectivity index (χ1n) is 13.0. The van der Waals surface area contributed by atoms with E-state index in [2.05, 4.69) is 38.2 Å². The van der Waals surface area contributed by atoms with Crippen LogP contribution in [0.15, 0.2) is 72.8 Å². The highest BCUT2D eigenvalue weighted by molar-refractivity contribution is 5.85. The number of para-hydroxylation sites is 2. The second kappa shape index (κ2) is 8.83. The second-order valence-electron chi connectivity index (χ2n) is 10.7. The van der Waals surface area contributed by atoms with Gasteiger partial charge in [-0.25, -0.2) is 0 Å². The quantitative estimate of drug-likeness (QED) is 0.322. The predicted molar refractivity (Wildman–Crippen MR) is 136 cm³/mol. The summed E-state index contributed by atoms with van der Waals surface area (Å²) in [5, 5.41) is 0. The molecule has 2 saturated heterocycles. The molecule has 0 spiro atoms. The molecule has 3 aliphatic heterocycles. The van der Waals surface area contributed by atoms with E-state index in [1.54, 1.807) is 0 Å². The lowest BCUT2D eigenvalue weighted by Gasteiger charge is -2.47. The van der Waals surface area contributed by atoms with Gasteiger partial charge in [-0.05, 0) is 24.1 Å². The number of carbonyl (C=O) groups is 1. The van der Waals surface area contributed by atoms with Crippen molar-refractivity contribution in [3.8, 4) is 11.5 Å². The van der Waals surface area contributed by atoms with Crippen molar-refractivity contribution in [1.82, 2.24) is 0 Å². The van der Waals surface area contributed by atoms with E-state index in [1.165, 1.54) is 24.0 Å². The van der Waals surface area contributed by atoms with Crippen LogP contribution in [0.5, 0.6) is 11.5 Å². The lowest BCUT2D eigenvalue weighted by molar-refractivity contribution is -0.961. The first-order chi connectivity index (χ1) is 17.0. The van der Waals surface area contributed by atoms with E-state index in [-0.39, 0.29) is 12.1 Å². The SMILES string of the molecule is CCc1ccc(C[N+]2(C)C3CCC2CC(OC(=O)C2c4ccccc4Oc4ccccc42)C3)cc1. The van der Waals surface area contributed by atoms with Gasteiger partial charge in [0.15, 0.2) is 0 Å². The summed E-state index contributed by atoms with van der Waals surface area (Å²) in [6, 6.07) is 25.9. The van der Waals surface area contributed by atoms with Crippen LogP contribution in [0.25, 0.3) is 0 Å². The monoisotopic (exact) mass is 468 g/mol. The summed E-state index contributed by atoms with van der Waals surface area (Å²) in [5.41, 5.74) is 4.59. The van der Waals surface area contributed by atoms with Gasteiger partial charge in [0.2, 0.25) is 0 Å². The van der Waals surface area contributed by atoms with E-state index in [9.17, 15) is 4.79 Å². The first kappa shape index (κ1) is 22.4. The van der Waals surface area contributed by atoms with Crippen molar-refractivity contribution >= 4 is 5.97 Å². The van der Waals surface area contributed by atoms with Gasteiger partial charge in [-0.1, -0.05) is 67.6 Å². The number of quaternary nitrogens is 1. The maximum absolute atomic E-state index is 13.7. The molecule has 4 heteroatoms. The molecule has 2 unspecified atom stereocenters. The lowest BCUT2D eigenvalue weighted by atomic mass is 9.88. The fraction of sp³-hybridized carbons (Fsp3) is 0.387. The molecule has 3 aromatic rings. The number of hydrogen-bond donors (Lipinski definition) is 0. The zero-order chi connectivity index (χ0) is 24.0. The third-order valence-corrected chi connectivity index (χ3v) is 8.72. The minimum atomic E-state index is -0.436. The maximum Gasteiger partial charge on any atom is 0.318 e. The summed E-state index contributed by atoms with van der Waals surface area (Å²) in [6.07, 6.45) is 5.37. The molecule has 0 aromatic heterocycles. The average Bonchev–Trinajstić information content (AvgIpc) is 3.03. The van der Waals surface area contributed by atoms with Crippen LogP contribution in [0.1, 0.15) is 60.8 Å². The van der Waals surface area contributed by atoms with Crippen molar-refractivity contribution in [1.29, 1.82) is 0 Å². The van der Waals surface area contributed by atoms with E-state index >= 15 is 0 Å². The van der Waals surface area contributed by atoms with Gasteiger partial charge in [0.25, 0.3) is 0 Å². The maximum atomic E-state index is 13.7. The van der Waals surface area contributed by atoms with Crippen LogP contribution >= 0.6 is 0 Å². The minimum Gasteiger partial charge on any atom is -0.461 e. The van der Waals surface area contributed by atoms with Crippen LogP contribution in [0.3, 0.4) is 0 Å². The summed E-state index contributed by atoms with van der Waals surface area (Å²) in [5.74, 6) is 0.905. The smallest absolute Gasteiger partial charge is 0.318 e. The summed E-state index contributed by atoms with van der Waals surface area (Å²) in [7, 11) is 2.42. The average molecular weight is 469 g/mol. The Kier molecular flexibility index (Phi) is 5.64. The first-order valence-corrected chi connectivity index (χ1v) is 13.0. The lowest BCUT2D eigenvalue weighted by Crippen LogP contribution is -2.58. The Hall–Kier alpha value is -3.11. The second-order valence-corrected chi connectivity index (χ2v) is 10.7. The topological polar surface area (TPSA) is 35.5 Å². The number of carbonyl (C=O) groups excluding carboxylic acids is 1. The van der Waals surface area contributed by atoms with Gasteiger partial charge < -0.3 is 14.0 Å². The molecule has 0 aliphatic carbocycles. The van der Waals surface area contributed by atoms with Gasteiger partial charge >= 0.3 is 5.97 Å². The summed E-state index contributed by atoms with van der Waals surface area (Å²) in [4.78, 5) is 13.7. The van der Waals surface area contributed by atoms with Crippen molar-refractivity contribution in [3.05, 3.63) is 95.1 Å². The van der Waals surface area contributed by atoms with Gasteiger partial charge in [0, 0.05) is 42.4 Å². The van der Waals surface area contributed by atoms with E-state index in [4.69, 9.17) is 9.47 Å². The van der Waals surface area contributed by atoms with Gasteiger partial charge in [0.1, 0.15) is 30.1 Å². The molecule has 35 heavy (non-hydrogen) atoms. The number of ether oxygens (including phenoxy) is 2. The Morgan fingerprint density at radius 1 is 0.857 bits per heavy atom. The van der Waals surface area contributed by atoms with Gasteiger partial charge in [0.05, 0.1) is 19.1 Å². The Balaban J connectivity index is 1.19. The normalized spacial score (nSPS) is 27.0. The van der Waals surface area contributed by atoms with Crippen LogP contribution in [-0.2, 0) is 22.5 Å². The fourth-order valence-electron chi connectivity index (χ4n) is 6.72. The molecule has 0 radical (unpaired) electrons. The van der Waals surface area contributed by atoms with Crippen molar-refractivity contribution < 1.29 is 18.8 Å². The highest BCUT2D eigenvalue weighted by Crippen LogP contribution is 2.47. The van der Waals surface area contributed by atoms with E-state index in [0.717, 1.165) is 52.9 Å². The molecular weight excluding hydrogens is 434 g/mol. The zero-order valence-electron chi connectivity index (χ0n) is 20.7. The standard InChI is InChI=1S/C31H34NO3/c1-3-21-12-14-22(15-13-21)20-32(2)23-16-17-24(32)19-25(18-23)34-31(33)30-26-8-4-6-10-28(26)35-29-11-7-5-9-27(29)30/h4-15,23-25,30H,3,16-20H2,1-2H3/q+1. The van der Waals surface area contributed by atoms with E-state index < -0.39 is 5.92 Å². The predicted octanol–water partition coefficient (Wildman–Crippen LogP) is 6.37. The Bertz CT molecular complexity index is 1170. The molecule has 180 valence electrons. The Morgan fingerprint density at radius 3 is 1.97 bits per heavy atom. The Morgan fingerprint density at radius 2 is 1.40 bits per heavy atom. The Labute approximate surface area is 208 Å². The third-order valence-electron chi connectivity index (χ3n) is 8.72. The molecule has 2 atom stereocenters. The summed E-state index contributed by atoms with van der Waals surface area (Å²) >= 11 is 0. The molecule has 3 heterocycles. The molecule has 0 saturated carbocycles. The number of hydrogen-bond acceptors (Lipinski definition) is 3. The fourth-order valence-corrected chi connectivity index (χ4v) is 6.72. The molecule has 4 nitrogen and oxygen atoms in total. The number of aryl methyl sites for hydroxylation is 1. The van der Waals surface area contributed by atoms with Gasteiger partial charge in [-0.3, -0.25) is 4.79 Å². The van der Waals surface area contributed by atoms with Crippen LogP contribution in [0.2, 0.25) is 0 Å². The number of nitrogens with zero attached hydrogens (tertiary/aromatic N) is 1. The summed E-state index contributed by atoms with van der Waals surface area (Å²) in [6.45, 7) is 3.26. The largest absolute Gasteiger partial charge is 0.461 e. The molecule has 2 fully saturated rings. The number of benzene rings is 3. The van der Waals surface area contributed by atoms with Crippen LogP contribution in [0, 0.1) is 0 Å². The van der Waals surface area contributed by atoms with E-state index in [0.29, 0.717) is 12.1 Å². The summed E-state index contributed by atoms with van der Waals surface area (Å²) < 4.78 is 13.4.